The summed E-state index contributed by atoms with van der Waals surface area (Å²) in [5.74, 6) is -0.00604. The molecule has 0 heterocycles. The second-order valence-electron chi connectivity index (χ2n) is 8.55. The molecule has 3 rings (SSSR count). The fourth-order valence-electron chi connectivity index (χ4n) is 3.33. The van der Waals surface area contributed by atoms with Crippen molar-refractivity contribution in [3.05, 3.63) is 102 Å². The molecule has 0 aliphatic carbocycles. The summed E-state index contributed by atoms with van der Waals surface area (Å²) < 4.78 is 15.6. The van der Waals surface area contributed by atoms with Gasteiger partial charge in [-0.05, 0) is 42.2 Å². The maximum absolute atomic E-state index is 12.9. The number of benzene rings is 3. The molecular weight excluding hydrogens is 472 g/mol. The normalized spacial score (nSPS) is 12.1. The Bertz CT molecular complexity index is 1140. The molecule has 3 aromatic rings. The molecule has 0 bridgehead atoms. The lowest BCUT2D eigenvalue weighted by molar-refractivity contribution is -0.123. The van der Waals surface area contributed by atoms with Crippen molar-refractivity contribution in [2.24, 2.45) is 0 Å². The Balaban J connectivity index is 1.56. The predicted octanol–water partition coefficient (Wildman–Crippen LogP) is 5.15. The van der Waals surface area contributed by atoms with Gasteiger partial charge in [0.2, 0.25) is 5.91 Å². The Labute approximate surface area is 216 Å². The minimum atomic E-state index is -0.847. The minimum Gasteiger partial charge on any atom is -0.445 e. The average molecular weight is 505 g/mol. The number of ether oxygens (including phenoxy) is 3. The summed E-state index contributed by atoms with van der Waals surface area (Å²) in [6, 6.07) is 24.3. The van der Waals surface area contributed by atoms with Crippen LogP contribution in [0.3, 0.4) is 0 Å². The number of alkyl carbamates (subject to hydrolysis) is 1. The van der Waals surface area contributed by atoms with Crippen LogP contribution < -0.4 is 15.4 Å². The molecule has 2 amide bonds. The Kier molecular flexibility index (Phi) is 10.5. The zero-order chi connectivity index (χ0) is 26.5. The maximum Gasteiger partial charge on any atom is 0.514 e. The Morgan fingerprint density at radius 1 is 0.730 bits per heavy atom. The summed E-state index contributed by atoms with van der Waals surface area (Å²) in [4.78, 5) is 37.3. The third kappa shape index (κ3) is 9.68. The summed E-state index contributed by atoms with van der Waals surface area (Å²) in [5.41, 5.74) is 2.46. The van der Waals surface area contributed by atoms with E-state index in [-0.39, 0.29) is 31.6 Å². The van der Waals surface area contributed by atoms with Crippen LogP contribution in [0, 0.1) is 0 Å². The van der Waals surface area contributed by atoms with Gasteiger partial charge in [-0.15, -0.1) is 0 Å². The van der Waals surface area contributed by atoms with Crippen molar-refractivity contribution in [1.82, 2.24) is 10.6 Å². The standard InChI is InChI=1S/C29H32N2O6/c1-3-21(2)30-27(32)26(31-28(33)35-19-23-10-6-4-7-11-23)18-22-14-16-25(17-15-22)37-29(34)36-20-24-12-8-5-9-13-24/h4-17,21,26H,3,18-20H2,1-2H3,(H,30,32)(H,31,33)/t21-,26+/m0/s1. The first-order valence-electron chi connectivity index (χ1n) is 12.2. The molecule has 0 radical (unpaired) electrons. The second-order valence-corrected chi connectivity index (χ2v) is 8.55. The highest BCUT2D eigenvalue weighted by molar-refractivity contribution is 5.86. The van der Waals surface area contributed by atoms with E-state index in [2.05, 4.69) is 10.6 Å². The molecule has 0 unspecified atom stereocenters. The number of rotatable bonds is 11. The first-order chi connectivity index (χ1) is 17.9. The van der Waals surface area contributed by atoms with Crippen LogP contribution in [0.15, 0.2) is 84.9 Å². The monoisotopic (exact) mass is 504 g/mol. The number of hydrogen-bond donors (Lipinski definition) is 2. The van der Waals surface area contributed by atoms with Gasteiger partial charge in [-0.3, -0.25) is 4.79 Å². The molecule has 0 aliphatic heterocycles. The highest BCUT2D eigenvalue weighted by atomic mass is 16.7. The van der Waals surface area contributed by atoms with Crippen LogP contribution in [-0.2, 0) is 33.9 Å². The van der Waals surface area contributed by atoms with Crippen molar-refractivity contribution in [1.29, 1.82) is 0 Å². The number of carbonyl (C=O) groups excluding carboxylic acids is 3. The molecule has 0 saturated carbocycles. The number of nitrogens with one attached hydrogen (secondary N) is 2. The van der Waals surface area contributed by atoms with Crippen molar-refractivity contribution < 1.29 is 28.6 Å². The first kappa shape index (κ1) is 27.3. The van der Waals surface area contributed by atoms with Gasteiger partial charge < -0.3 is 24.8 Å². The van der Waals surface area contributed by atoms with Crippen LogP contribution in [-0.4, -0.2) is 30.2 Å². The van der Waals surface area contributed by atoms with E-state index in [1.807, 2.05) is 74.5 Å². The van der Waals surface area contributed by atoms with Gasteiger partial charge in [0.25, 0.3) is 0 Å². The van der Waals surface area contributed by atoms with Crippen LogP contribution in [0.5, 0.6) is 5.75 Å². The van der Waals surface area contributed by atoms with Gasteiger partial charge in [-0.25, -0.2) is 9.59 Å². The Morgan fingerprint density at radius 3 is 1.86 bits per heavy atom. The van der Waals surface area contributed by atoms with E-state index in [0.717, 1.165) is 23.1 Å². The van der Waals surface area contributed by atoms with E-state index in [4.69, 9.17) is 14.2 Å². The van der Waals surface area contributed by atoms with Gasteiger partial charge in [-0.1, -0.05) is 79.7 Å². The largest absolute Gasteiger partial charge is 0.514 e. The molecule has 8 nitrogen and oxygen atoms in total. The topological polar surface area (TPSA) is 103 Å². The second kappa shape index (κ2) is 14.3. The Morgan fingerprint density at radius 2 is 1.30 bits per heavy atom. The summed E-state index contributed by atoms with van der Waals surface area (Å²) in [6.07, 6.45) is -0.524. The van der Waals surface area contributed by atoms with E-state index in [1.165, 1.54) is 0 Å². The van der Waals surface area contributed by atoms with E-state index >= 15 is 0 Å². The molecule has 0 saturated heterocycles. The molecule has 194 valence electrons. The van der Waals surface area contributed by atoms with Crippen LogP contribution in [0.25, 0.3) is 0 Å². The van der Waals surface area contributed by atoms with Gasteiger partial charge in [-0.2, -0.15) is 0 Å². The molecule has 37 heavy (non-hydrogen) atoms. The summed E-state index contributed by atoms with van der Waals surface area (Å²) in [7, 11) is 0. The van der Waals surface area contributed by atoms with Crippen molar-refractivity contribution in [2.75, 3.05) is 0 Å². The lowest BCUT2D eigenvalue weighted by Gasteiger charge is -2.21. The van der Waals surface area contributed by atoms with Gasteiger partial charge in [0.05, 0.1) is 0 Å². The summed E-state index contributed by atoms with van der Waals surface area (Å²) in [5, 5.41) is 5.56. The molecule has 8 heteroatoms. The van der Waals surface area contributed by atoms with E-state index in [1.54, 1.807) is 24.3 Å². The van der Waals surface area contributed by atoms with Crippen molar-refractivity contribution >= 4 is 18.2 Å². The third-order valence-electron chi connectivity index (χ3n) is 5.59. The summed E-state index contributed by atoms with van der Waals surface area (Å²) >= 11 is 0. The van der Waals surface area contributed by atoms with Crippen LogP contribution in [0.2, 0.25) is 0 Å². The highest BCUT2D eigenvalue weighted by Gasteiger charge is 2.23. The highest BCUT2D eigenvalue weighted by Crippen LogP contribution is 2.15. The molecule has 0 aliphatic rings. The smallest absolute Gasteiger partial charge is 0.445 e. The van der Waals surface area contributed by atoms with Crippen molar-refractivity contribution in [2.45, 2.75) is 52.0 Å². The van der Waals surface area contributed by atoms with Gasteiger partial charge in [0, 0.05) is 12.5 Å². The first-order valence-corrected chi connectivity index (χ1v) is 12.2. The molecule has 2 atom stereocenters. The molecule has 2 N–H and O–H groups in total. The zero-order valence-electron chi connectivity index (χ0n) is 21.0. The fraction of sp³-hybridized carbons (Fsp3) is 0.276. The number of hydrogen-bond acceptors (Lipinski definition) is 6. The van der Waals surface area contributed by atoms with E-state index < -0.39 is 18.3 Å². The van der Waals surface area contributed by atoms with Gasteiger partial charge in [0.15, 0.2) is 0 Å². The maximum atomic E-state index is 12.9. The molecule has 0 fully saturated rings. The van der Waals surface area contributed by atoms with E-state index in [9.17, 15) is 14.4 Å². The van der Waals surface area contributed by atoms with Crippen LogP contribution in [0.4, 0.5) is 9.59 Å². The molecule has 0 aromatic heterocycles. The van der Waals surface area contributed by atoms with Gasteiger partial charge >= 0.3 is 12.2 Å². The SMILES string of the molecule is CC[C@H](C)NC(=O)[C@@H](Cc1ccc(OC(=O)OCc2ccccc2)cc1)NC(=O)OCc1ccccc1. The third-order valence-corrected chi connectivity index (χ3v) is 5.59. The molecular formula is C29H32N2O6. The predicted molar refractivity (Wildman–Crippen MR) is 139 cm³/mol. The van der Waals surface area contributed by atoms with Crippen molar-refractivity contribution in [3.8, 4) is 5.75 Å². The van der Waals surface area contributed by atoms with Gasteiger partial charge in [0.1, 0.15) is 25.0 Å². The molecule has 3 aromatic carbocycles. The average Bonchev–Trinajstić information content (AvgIpc) is 2.92. The van der Waals surface area contributed by atoms with Crippen LogP contribution >= 0.6 is 0 Å². The van der Waals surface area contributed by atoms with Crippen molar-refractivity contribution in [3.63, 3.8) is 0 Å². The van der Waals surface area contributed by atoms with E-state index in [0.29, 0.717) is 5.75 Å². The van der Waals surface area contributed by atoms with Crippen LogP contribution in [0.1, 0.15) is 37.0 Å². The Hall–Kier alpha value is -4.33. The summed E-state index contributed by atoms with van der Waals surface area (Å²) in [6.45, 7) is 4.06. The zero-order valence-corrected chi connectivity index (χ0v) is 21.0. The minimum absolute atomic E-state index is 0.0465. The number of carbonyl (C=O) groups is 3. The quantitative estimate of drug-likeness (QED) is 0.276. The lowest BCUT2D eigenvalue weighted by atomic mass is 10.0. The lowest BCUT2D eigenvalue weighted by Crippen LogP contribution is -2.50. The molecule has 0 spiro atoms. The number of amides is 2. The fourth-order valence-corrected chi connectivity index (χ4v) is 3.33.